The molecule has 148 valence electrons. The second kappa shape index (κ2) is 9.62. The van der Waals surface area contributed by atoms with Gasteiger partial charge in [-0.05, 0) is 36.1 Å². The van der Waals surface area contributed by atoms with E-state index in [1.807, 2.05) is 6.92 Å². The molecule has 0 bridgehead atoms. The van der Waals surface area contributed by atoms with Crippen molar-refractivity contribution in [3.8, 4) is 0 Å². The van der Waals surface area contributed by atoms with Gasteiger partial charge in [-0.25, -0.2) is 4.79 Å². The molecule has 1 atom stereocenters. The number of esters is 1. The lowest BCUT2D eigenvalue weighted by Gasteiger charge is -2.06. The highest BCUT2D eigenvalue weighted by atomic mass is 32.2. The number of ether oxygens (including phenoxy) is 1. The summed E-state index contributed by atoms with van der Waals surface area (Å²) in [4.78, 5) is 11.5. The van der Waals surface area contributed by atoms with E-state index in [-0.39, 0.29) is 11.0 Å². The lowest BCUT2D eigenvalue weighted by molar-refractivity contribution is 0.0563. The molecule has 3 aromatic rings. The Balaban J connectivity index is 1.55. The topological polar surface area (TPSA) is 65.2 Å². The molecule has 0 aliphatic heterocycles. The molecule has 0 saturated carbocycles. The SMILES string of the molecule is COC(=O)c1ccc(C(C)Sc2nnc(SCc3ccc(C(C)C)cc3)s2)o1. The Labute approximate surface area is 177 Å². The molecule has 5 nitrogen and oxygen atoms in total. The molecule has 0 fully saturated rings. The van der Waals surface area contributed by atoms with Crippen LogP contribution < -0.4 is 0 Å². The third-order valence-electron chi connectivity index (χ3n) is 4.09. The van der Waals surface area contributed by atoms with Gasteiger partial charge in [0.25, 0.3) is 0 Å². The Morgan fingerprint density at radius 1 is 1.11 bits per heavy atom. The van der Waals surface area contributed by atoms with E-state index in [9.17, 15) is 4.79 Å². The average molecular weight is 435 g/mol. The molecule has 0 spiro atoms. The van der Waals surface area contributed by atoms with E-state index in [2.05, 4.69) is 53.0 Å². The van der Waals surface area contributed by atoms with E-state index in [0.29, 0.717) is 11.7 Å². The number of hydrogen-bond acceptors (Lipinski definition) is 8. The van der Waals surface area contributed by atoms with Crippen molar-refractivity contribution < 1.29 is 13.9 Å². The maximum Gasteiger partial charge on any atom is 0.373 e. The predicted octanol–water partition coefficient (Wildman–Crippen LogP) is 6.19. The van der Waals surface area contributed by atoms with E-state index in [0.717, 1.165) is 14.4 Å². The molecule has 1 unspecified atom stereocenters. The van der Waals surface area contributed by atoms with Gasteiger partial charge in [0.1, 0.15) is 5.76 Å². The summed E-state index contributed by atoms with van der Waals surface area (Å²) >= 11 is 4.82. The molecule has 28 heavy (non-hydrogen) atoms. The summed E-state index contributed by atoms with van der Waals surface area (Å²) in [5.41, 5.74) is 2.63. The normalized spacial score (nSPS) is 12.3. The summed E-state index contributed by atoms with van der Waals surface area (Å²) in [5.74, 6) is 1.86. The molecule has 0 amide bonds. The molecule has 1 aromatic carbocycles. The highest BCUT2D eigenvalue weighted by molar-refractivity contribution is 8.03. The first-order valence-electron chi connectivity index (χ1n) is 8.86. The number of nitrogens with zero attached hydrogens (tertiary/aromatic N) is 2. The molecule has 3 rings (SSSR count). The zero-order valence-electron chi connectivity index (χ0n) is 16.2. The molecule has 0 aliphatic rings. The van der Waals surface area contributed by atoms with Crippen LogP contribution in [-0.2, 0) is 10.5 Å². The van der Waals surface area contributed by atoms with Gasteiger partial charge >= 0.3 is 5.97 Å². The van der Waals surface area contributed by atoms with Crippen LogP contribution in [0.3, 0.4) is 0 Å². The fraction of sp³-hybridized carbons (Fsp3) is 0.350. The van der Waals surface area contributed by atoms with E-state index < -0.39 is 5.97 Å². The lowest BCUT2D eigenvalue weighted by atomic mass is 10.0. The first-order valence-corrected chi connectivity index (χ1v) is 11.5. The summed E-state index contributed by atoms with van der Waals surface area (Å²) in [7, 11) is 1.34. The molecule has 0 aliphatic carbocycles. The molecule has 0 N–H and O–H groups in total. The summed E-state index contributed by atoms with van der Waals surface area (Å²) < 4.78 is 12.1. The second-order valence-electron chi connectivity index (χ2n) is 6.47. The number of carbonyl (C=O) groups is 1. The third kappa shape index (κ3) is 5.40. The summed E-state index contributed by atoms with van der Waals surface area (Å²) in [6.45, 7) is 6.41. The van der Waals surface area contributed by atoms with Crippen LogP contribution in [0.15, 0.2) is 49.5 Å². The standard InChI is InChI=1S/C20H22N2O3S3/c1-12(2)15-7-5-14(6-8-15)11-26-19-21-22-20(28-19)27-13(3)16-9-10-17(25-16)18(23)24-4/h5-10,12-13H,11H2,1-4H3. The van der Waals surface area contributed by atoms with Gasteiger partial charge in [0.2, 0.25) is 5.76 Å². The van der Waals surface area contributed by atoms with E-state index >= 15 is 0 Å². The molecule has 0 radical (unpaired) electrons. The molecule has 0 saturated heterocycles. The van der Waals surface area contributed by atoms with Gasteiger partial charge < -0.3 is 9.15 Å². The van der Waals surface area contributed by atoms with Crippen LogP contribution in [0.25, 0.3) is 0 Å². The highest BCUT2D eigenvalue weighted by Crippen LogP contribution is 2.39. The van der Waals surface area contributed by atoms with Gasteiger partial charge in [-0.2, -0.15) is 0 Å². The van der Waals surface area contributed by atoms with Crippen molar-refractivity contribution in [3.63, 3.8) is 0 Å². The number of hydrogen-bond donors (Lipinski definition) is 0. The number of benzene rings is 1. The minimum absolute atomic E-state index is 0.0211. The van der Waals surface area contributed by atoms with Crippen LogP contribution in [0.2, 0.25) is 0 Å². The number of furan rings is 1. The van der Waals surface area contributed by atoms with Crippen LogP contribution in [0.4, 0.5) is 0 Å². The molecular formula is C20H22N2O3S3. The minimum atomic E-state index is -0.473. The van der Waals surface area contributed by atoms with Gasteiger partial charge in [-0.1, -0.05) is 73.0 Å². The Morgan fingerprint density at radius 2 is 1.82 bits per heavy atom. The van der Waals surface area contributed by atoms with Crippen LogP contribution in [-0.4, -0.2) is 23.3 Å². The maximum atomic E-state index is 11.5. The second-order valence-corrected chi connectivity index (χ2v) is 10.3. The van der Waals surface area contributed by atoms with Crippen LogP contribution in [0, 0.1) is 0 Å². The number of methoxy groups -OCH3 is 1. The quantitative estimate of drug-likeness (QED) is 0.309. The average Bonchev–Trinajstić information content (AvgIpc) is 3.36. The van der Waals surface area contributed by atoms with Crippen molar-refractivity contribution in [3.05, 3.63) is 59.0 Å². The van der Waals surface area contributed by atoms with Crippen LogP contribution in [0.5, 0.6) is 0 Å². The highest BCUT2D eigenvalue weighted by Gasteiger charge is 2.18. The van der Waals surface area contributed by atoms with Crippen molar-refractivity contribution in [2.75, 3.05) is 7.11 Å². The number of thioether (sulfide) groups is 2. The van der Waals surface area contributed by atoms with Crippen molar-refractivity contribution in [1.29, 1.82) is 0 Å². The Hall–Kier alpha value is -1.77. The first kappa shape index (κ1) is 21.0. The number of rotatable bonds is 8. The van der Waals surface area contributed by atoms with Gasteiger partial charge in [0.15, 0.2) is 8.68 Å². The Kier molecular flexibility index (Phi) is 7.20. The minimum Gasteiger partial charge on any atom is -0.463 e. The lowest BCUT2D eigenvalue weighted by Crippen LogP contribution is -1.98. The zero-order valence-corrected chi connectivity index (χ0v) is 18.6. The van der Waals surface area contributed by atoms with Gasteiger partial charge in [-0.3, -0.25) is 0 Å². The number of aromatic nitrogens is 2. The van der Waals surface area contributed by atoms with Crippen LogP contribution in [0.1, 0.15) is 59.4 Å². The van der Waals surface area contributed by atoms with Crippen molar-refractivity contribution >= 4 is 40.8 Å². The largest absolute Gasteiger partial charge is 0.463 e. The first-order chi connectivity index (χ1) is 13.5. The fourth-order valence-corrected chi connectivity index (χ4v) is 5.63. The summed E-state index contributed by atoms with van der Waals surface area (Å²) in [6.07, 6.45) is 0. The van der Waals surface area contributed by atoms with E-state index in [1.165, 1.54) is 18.2 Å². The Morgan fingerprint density at radius 3 is 2.50 bits per heavy atom. The molecule has 8 heteroatoms. The maximum absolute atomic E-state index is 11.5. The molecular weight excluding hydrogens is 412 g/mol. The summed E-state index contributed by atoms with van der Waals surface area (Å²) in [6, 6.07) is 12.2. The van der Waals surface area contributed by atoms with Gasteiger partial charge in [0.05, 0.1) is 12.4 Å². The van der Waals surface area contributed by atoms with E-state index in [1.54, 1.807) is 47.0 Å². The molecule has 2 aromatic heterocycles. The van der Waals surface area contributed by atoms with E-state index in [4.69, 9.17) is 4.42 Å². The van der Waals surface area contributed by atoms with Crippen molar-refractivity contribution in [2.45, 2.75) is 46.4 Å². The number of carbonyl (C=O) groups excluding carboxylic acids is 1. The smallest absolute Gasteiger partial charge is 0.373 e. The van der Waals surface area contributed by atoms with Gasteiger partial charge in [0, 0.05) is 5.75 Å². The van der Waals surface area contributed by atoms with Crippen molar-refractivity contribution in [1.82, 2.24) is 10.2 Å². The third-order valence-corrected chi connectivity index (χ3v) is 7.42. The zero-order chi connectivity index (χ0) is 20.1. The summed E-state index contributed by atoms with van der Waals surface area (Å²) in [5, 5.41) is 8.56. The Bertz CT molecular complexity index is 919. The fourth-order valence-electron chi connectivity index (χ4n) is 2.44. The monoisotopic (exact) mass is 434 g/mol. The molecule has 2 heterocycles. The van der Waals surface area contributed by atoms with Crippen molar-refractivity contribution in [2.24, 2.45) is 0 Å². The predicted molar refractivity (Wildman–Crippen MR) is 114 cm³/mol. The van der Waals surface area contributed by atoms with Crippen LogP contribution >= 0.6 is 34.9 Å². The van der Waals surface area contributed by atoms with Gasteiger partial charge in [-0.15, -0.1) is 10.2 Å².